The van der Waals surface area contributed by atoms with Crippen LogP contribution in [0.25, 0.3) is 0 Å². The Morgan fingerprint density at radius 1 is 1.54 bits per heavy atom. The Morgan fingerprint density at radius 3 is 2.46 bits per heavy atom. The maximum Gasteiger partial charge on any atom is 0.147 e. The number of nitrogens with one attached hydrogen (secondary N) is 1. The molecule has 0 aliphatic carbocycles. The van der Waals surface area contributed by atoms with Crippen LogP contribution in [0.15, 0.2) is 4.79 Å². The van der Waals surface area contributed by atoms with Gasteiger partial charge in [0.15, 0.2) is 0 Å². The molecule has 0 unspecified atom stereocenters. The van der Waals surface area contributed by atoms with Crippen LogP contribution in [-0.4, -0.2) is 15.9 Å². The molecule has 1 heterocycles. The van der Waals surface area contributed by atoms with Crippen molar-refractivity contribution in [1.82, 2.24) is 4.98 Å². The van der Waals surface area contributed by atoms with Crippen LogP contribution in [0, 0.1) is 48.7 Å². The quantitative estimate of drug-likeness (QED) is 0.582. The van der Waals surface area contributed by atoms with Gasteiger partial charge in [-0.05, 0) is 6.92 Å². The average molecular weight is 305 g/mol. The summed E-state index contributed by atoms with van der Waals surface area (Å²) in [7, 11) is 0. The first kappa shape index (κ1) is 12.6. The van der Waals surface area contributed by atoms with Crippen molar-refractivity contribution in [3.8, 4) is 5.75 Å². The van der Waals surface area contributed by atoms with Crippen LogP contribution in [0.2, 0.25) is 0 Å². The fraction of sp³-hybridized carbons (Fsp3) is 0.250. The van der Waals surface area contributed by atoms with Gasteiger partial charge >= 0.3 is 0 Å². The first-order valence-electron chi connectivity index (χ1n) is 3.38. The van der Waals surface area contributed by atoms with Crippen molar-refractivity contribution < 1.29 is 45.5 Å². The third kappa shape index (κ3) is 2.53. The molecule has 5 heteroatoms. The van der Waals surface area contributed by atoms with E-state index in [9.17, 15) is 14.7 Å². The molecule has 1 radical (unpaired) electrons. The number of aromatic amines is 1. The van der Waals surface area contributed by atoms with E-state index < -0.39 is 11.3 Å². The largest absolute Gasteiger partial charge is 0.565 e. The summed E-state index contributed by atoms with van der Waals surface area (Å²) in [4.78, 5) is 24.0. The van der Waals surface area contributed by atoms with Crippen molar-refractivity contribution in [2.75, 3.05) is 0 Å². The number of aromatic nitrogens is 1. The fourth-order valence-corrected chi connectivity index (χ4v) is 0.894. The summed E-state index contributed by atoms with van der Waals surface area (Å²) in [6.07, 6.45) is 2.42. The van der Waals surface area contributed by atoms with Gasteiger partial charge in [-0.15, -0.1) is 5.56 Å². The zero-order valence-electron chi connectivity index (χ0n) is 7.34. The minimum atomic E-state index is -0.606. The van der Waals surface area contributed by atoms with Crippen LogP contribution in [0.3, 0.4) is 0 Å². The first-order valence-corrected chi connectivity index (χ1v) is 3.38. The Balaban J connectivity index is 0.00000144. The Hall–Kier alpha value is -0.385. The molecule has 0 fully saturated rings. The zero-order chi connectivity index (χ0) is 9.30. The number of H-pyrrole nitrogens is 1. The third-order valence-corrected chi connectivity index (χ3v) is 1.53. The Labute approximate surface area is 103 Å². The van der Waals surface area contributed by atoms with Gasteiger partial charge < -0.3 is 14.9 Å². The molecule has 13 heavy (non-hydrogen) atoms. The molecule has 67 valence electrons. The molecular weight excluding hydrogens is 297 g/mol. The van der Waals surface area contributed by atoms with Crippen molar-refractivity contribution in [1.29, 1.82) is 0 Å². The van der Waals surface area contributed by atoms with E-state index in [1.54, 1.807) is 6.92 Å². The summed E-state index contributed by atoms with van der Waals surface area (Å²) < 4.78 is 0. The second-order valence-electron chi connectivity index (χ2n) is 2.48. The van der Waals surface area contributed by atoms with Crippen LogP contribution in [0.4, 0.5) is 0 Å². The molecule has 1 aromatic rings. The number of Topliss-reactive ketones (excluding diaryl/α,β-unsaturated/α-hetero) is 1. The molecule has 0 aliphatic heterocycles. The van der Waals surface area contributed by atoms with Crippen LogP contribution < -0.4 is 5.56 Å². The molecule has 0 saturated carbocycles. The van der Waals surface area contributed by atoms with Crippen molar-refractivity contribution in [2.45, 2.75) is 13.8 Å². The number of carbonyl (C=O) groups excluding carboxylic acids is 1. The molecule has 1 rings (SSSR count). The Kier molecular flexibility index (Phi) is 4.60. The Bertz CT molecular complexity index is 383. The number of hydrogen-bond acceptors (Lipinski definition) is 3. The van der Waals surface area contributed by atoms with Gasteiger partial charge in [-0.25, -0.2) is 0 Å². The third-order valence-electron chi connectivity index (χ3n) is 1.53. The fourth-order valence-electron chi connectivity index (χ4n) is 0.894. The number of aryl methyl sites for hydroxylation is 1. The molecule has 0 saturated heterocycles. The van der Waals surface area contributed by atoms with E-state index in [0.717, 1.165) is 0 Å². The van der Waals surface area contributed by atoms with Crippen LogP contribution in [-0.2, 0) is 0 Å². The first-order chi connectivity index (χ1) is 5.54. The molecule has 0 aliphatic rings. The minimum Gasteiger partial charge on any atom is -0.565 e. The van der Waals surface area contributed by atoms with E-state index in [2.05, 4.69) is 11.2 Å². The number of hydrogen-bond donors (Lipinski definition) is 2. The standard InChI is InChI=1S/C8H8NO3.La/c1-4-3-9-8(12)6(5(2)10)7(4)11;/h1-2H3,(H2,9,11,12);/q-1;. The molecule has 0 aromatic carbocycles. The molecule has 0 spiro atoms. The summed E-state index contributed by atoms with van der Waals surface area (Å²) in [5.74, 6) is -0.739. The van der Waals surface area contributed by atoms with E-state index in [1.807, 2.05) is 0 Å². The van der Waals surface area contributed by atoms with Gasteiger partial charge in [0, 0.05) is 46.9 Å². The number of pyridine rings is 1. The van der Waals surface area contributed by atoms with E-state index in [0.29, 0.717) is 5.56 Å². The van der Waals surface area contributed by atoms with Crippen LogP contribution >= 0.6 is 0 Å². The normalized spacial score (nSPS) is 9.08. The van der Waals surface area contributed by atoms with E-state index in [4.69, 9.17) is 0 Å². The molecular formula is C8H8LaNO3-. The maximum atomic E-state index is 11.0. The average Bonchev–Trinajstić information content (AvgIpc) is 1.97. The predicted molar refractivity (Wildman–Crippen MR) is 42.3 cm³/mol. The van der Waals surface area contributed by atoms with Crippen molar-refractivity contribution >= 4 is 5.78 Å². The Morgan fingerprint density at radius 2 is 2.08 bits per heavy atom. The molecule has 2 N–H and O–H groups in total. The number of rotatable bonds is 1. The van der Waals surface area contributed by atoms with E-state index in [1.165, 1.54) is 6.92 Å². The van der Waals surface area contributed by atoms with Crippen LogP contribution in [0.5, 0.6) is 5.75 Å². The van der Waals surface area contributed by atoms with Crippen LogP contribution in [0.1, 0.15) is 22.8 Å². The van der Waals surface area contributed by atoms with Gasteiger partial charge in [0.1, 0.15) is 11.3 Å². The summed E-state index contributed by atoms with van der Waals surface area (Å²) in [6.45, 7) is 2.78. The number of carbonyl (C=O) groups is 1. The van der Waals surface area contributed by atoms with Gasteiger partial charge in [0.05, 0.1) is 0 Å². The number of ketones is 1. The SMILES string of the molecule is CC(=O)c1c(O)c(C)[c-][nH]c1=O.[La]. The smallest absolute Gasteiger partial charge is 0.147 e. The molecule has 0 atom stereocenters. The molecule has 4 nitrogen and oxygen atoms in total. The monoisotopic (exact) mass is 305 g/mol. The summed E-state index contributed by atoms with van der Waals surface area (Å²) in [5, 5.41) is 9.28. The van der Waals surface area contributed by atoms with Crippen molar-refractivity contribution in [3.05, 3.63) is 27.7 Å². The zero-order valence-corrected chi connectivity index (χ0v) is 11.0. The van der Waals surface area contributed by atoms with Gasteiger partial charge in [0.2, 0.25) is 0 Å². The molecule has 0 amide bonds. The van der Waals surface area contributed by atoms with Gasteiger partial charge in [-0.1, -0.05) is 13.1 Å². The molecule has 0 bridgehead atoms. The van der Waals surface area contributed by atoms with Crippen molar-refractivity contribution in [2.24, 2.45) is 0 Å². The van der Waals surface area contributed by atoms with Gasteiger partial charge in [0.25, 0.3) is 0 Å². The maximum absolute atomic E-state index is 11.0. The summed E-state index contributed by atoms with van der Waals surface area (Å²) in [6, 6.07) is 0. The minimum absolute atomic E-state index is 0. The van der Waals surface area contributed by atoms with Crippen molar-refractivity contribution in [3.63, 3.8) is 0 Å². The van der Waals surface area contributed by atoms with Gasteiger partial charge in [-0.3, -0.25) is 4.79 Å². The van der Waals surface area contributed by atoms with Gasteiger partial charge in [-0.2, -0.15) is 0 Å². The van der Waals surface area contributed by atoms with E-state index in [-0.39, 0.29) is 46.9 Å². The molecule has 1 aromatic heterocycles. The second-order valence-corrected chi connectivity index (χ2v) is 2.48. The second kappa shape index (κ2) is 4.74. The predicted octanol–water partition coefficient (Wildman–Crippen LogP) is 0.392. The topological polar surface area (TPSA) is 70.2 Å². The van der Waals surface area contributed by atoms with E-state index >= 15 is 0 Å². The summed E-state index contributed by atoms with van der Waals surface area (Å²) in [5.41, 5.74) is -0.448. The summed E-state index contributed by atoms with van der Waals surface area (Å²) >= 11 is 0. The number of aromatic hydroxyl groups is 1.